The van der Waals surface area contributed by atoms with Crippen molar-refractivity contribution in [2.45, 2.75) is 45.2 Å². The Morgan fingerprint density at radius 3 is 2.60 bits per heavy atom. The molecule has 1 amide bonds. The van der Waals surface area contributed by atoms with Crippen molar-refractivity contribution in [1.29, 1.82) is 0 Å². The van der Waals surface area contributed by atoms with Crippen LogP contribution in [0.2, 0.25) is 0 Å². The van der Waals surface area contributed by atoms with Crippen LogP contribution < -0.4 is 5.32 Å². The number of amides is 1. The van der Waals surface area contributed by atoms with Crippen LogP contribution in [0.4, 0.5) is 13.2 Å². The molecule has 25 heavy (non-hydrogen) atoms. The molecule has 1 aromatic carbocycles. The molecule has 0 radical (unpaired) electrons. The summed E-state index contributed by atoms with van der Waals surface area (Å²) in [5.41, 5.74) is 0.0802. The Morgan fingerprint density at radius 1 is 1.32 bits per heavy atom. The number of alkyl halides is 3. The maximum atomic E-state index is 12.6. The van der Waals surface area contributed by atoms with Gasteiger partial charge in [-0.3, -0.25) is 4.79 Å². The number of nitrogens with zero attached hydrogens (tertiary/aromatic N) is 1. The van der Waals surface area contributed by atoms with Crippen LogP contribution >= 0.6 is 0 Å². The van der Waals surface area contributed by atoms with Gasteiger partial charge in [0.2, 0.25) is 5.91 Å². The Balaban J connectivity index is 1.74. The molecule has 1 aromatic rings. The van der Waals surface area contributed by atoms with Gasteiger partial charge < -0.3 is 10.2 Å². The lowest BCUT2D eigenvalue weighted by atomic mass is 9.96. The second-order valence-corrected chi connectivity index (χ2v) is 7.12. The van der Waals surface area contributed by atoms with E-state index in [0.717, 1.165) is 37.3 Å². The Hall–Kier alpha value is -1.56. The predicted molar refractivity (Wildman–Crippen MR) is 92.3 cm³/mol. The lowest BCUT2D eigenvalue weighted by Gasteiger charge is -2.30. The van der Waals surface area contributed by atoms with E-state index in [-0.39, 0.29) is 18.2 Å². The number of benzene rings is 1. The van der Waals surface area contributed by atoms with Crippen molar-refractivity contribution in [3.05, 3.63) is 35.4 Å². The van der Waals surface area contributed by atoms with E-state index in [4.69, 9.17) is 0 Å². The van der Waals surface area contributed by atoms with Crippen LogP contribution in [-0.2, 0) is 11.0 Å². The van der Waals surface area contributed by atoms with E-state index in [0.29, 0.717) is 12.5 Å². The minimum Gasteiger partial charge on any atom is -0.355 e. The molecule has 1 N–H and O–H groups in total. The number of rotatable bonds is 6. The minimum atomic E-state index is -4.33. The highest BCUT2D eigenvalue weighted by molar-refractivity contribution is 5.76. The average molecular weight is 356 g/mol. The molecule has 0 aliphatic carbocycles. The summed E-state index contributed by atoms with van der Waals surface area (Å²) in [5, 5.41) is 2.92. The van der Waals surface area contributed by atoms with E-state index < -0.39 is 11.7 Å². The van der Waals surface area contributed by atoms with Crippen molar-refractivity contribution in [3.63, 3.8) is 0 Å². The Bertz CT molecular complexity index is 557. The molecule has 1 saturated heterocycles. The third kappa shape index (κ3) is 6.34. The lowest BCUT2D eigenvalue weighted by Crippen LogP contribution is -2.40. The van der Waals surface area contributed by atoms with Crippen LogP contribution in [0.3, 0.4) is 0 Å². The summed E-state index contributed by atoms with van der Waals surface area (Å²) in [5.74, 6) is 0.541. The largest absolute Gasteiger partial charge is 0.416 e. The second-order valence-electron chi connectivity index (χ2n) is 7.12. The van der Waals surface area contributed by atoms with Crippen LogP contribution in [0.1, 0.15) is 50.2 Å². The van der Waals surface area contributed by atoms with E-state index >= 15 is 0 Å². The van der Waals surface area contributed by atoms with Gasteiger partial charge >= 0.3 is 6.18 Å². The number of hydrogen-bond acceptors (Lipinski definition) is 2. The molecule has 1 heterocycles. The molecule has 1 aliphatic rings. The van der Waals surface area contributed by atoms with Crippen LogP contribution in [0.5, 0.6) is 0 Å². The van der Waals surface area contributed by atoms with Crippen LogP contribution in [0.25, 0.3) is 0 Å². The van der Waals surface area contributed by atoms with E-state index in [1.165, 1.54) is 25.0 Å². The van der Waals surface area contributed by atoms with Gasteiger partial charge in [-0.1, -0.05) is 26.0 Å². The highest BCUT2D eigenvalue weighted by Gasteiger charge is 2.30. The summed E-state index contributed by atoms with van der Waals surface area (Å²) in [4.78, 5) is 14.4. The zero-order valence-corrected chi connectivity index (χ0v) is 14.9. The first-order chi connectivity index (χ1) is 11.8. The molecule has 0 saturated carbocycles. The van der Waals surface area contributed by atoms with Crippen molar-refractivity contribution in [2.75, 3.05) is 26.2 Å². The summed E-state index contributed by atoms with van der Waals surface area (Å²) in [7, 11) is 0. The molecule has 6 heteroatoms. The fourth-order valence-corrected chi connectivity index (χ4v) is 3.31. The third-order valence-corrected chi connectivity index (χ3v) is 4.79. The zero-order chi connectivity index (χ0) is 18.4. The zero-order valence-electron chi connectivity index (χ0n) is 14.9. The fraction of sp³-hybridized carbons (Fsp3) is 0.632. The summed E-state index contributed by atoms with van der Waals surface area (Å²) in [6, 6.07) is 5.05. The Morgan fingerprint density at radius 2 is 2.00 bits per heavy atom. The number of carbonyl (C=O) groups is 1. The van der Waals surface area contributed by atoms with E-state index in [2.05, 4.69) is 17.1 Å². The number of carbonyl (C=O) groups excluding carboxylic acids is 1. The molecule has 140 valence electrons. The Labute approximate surface area is 147 Å². The molecule has 0 spiro atoms. The van der Waals surface area contributed by atoms with Gasteiger partial charge in [-0.15, -0.1) is 0 Å². The van der Waals surface area contributed by atoms with Gasteiger partial charge in [-0.2, -0.15) is 13.2 Å². The number of likely N-dealkylation sites (tertiary alicyclic amines) is 1. The molecule has 2 atom stereocenters. The standard InChI is InChI=1S/C19H27F3N2O/c1-14-4-3-10-24(13-14)11-9-23-18(25)12-15(2)16-5-7-17(8-6-16)19(20,21)22/h5-8,14-15H,3-4,9-13H2,1-2H3,(H,23,25). The summed E-state index contributed by atoms with van der Waals surface area (Å²) in [6.45, 7) is 7.74. The van der Waals surface area contributed by atoms with E-state index in [1.807, 2.05) is 6.92 Å². The van der Waals surface area contributed by atoms with Crippen molar-refractivity contribution in [3.8, 4) is 0 Å². The van der Waals surface area contributed by atoms with Gasteiger partial charge in [-0.05, 0) is 48.9 Å². The summed E-state index contributed by atoms with van der Waals surface area (Å²) >= 11 is 0. The smallest absolute Gasteiger partial charge is 0.355 e. The second kappa shape index (κ2) is 8.70. The minimum absolute atomic E-state index is 0.0579. The highest BCUT2D eigenvalue weighted by atomic mass is 19.4. The van der Waals surface area contributed by atoms with Gasteiger partial charge in [-0.25, -0.2) is 0 Å². The molecule has 1 fully saturated rings. The first-order valence-electron chi connectivity index (χ1n) is 8.92. The number of nitrogens with one attached hydrogen (secondary N) is 1. The van der Waals surface area contributed by atoms with Gasteiger partial charge in [0.05, 0.1) is 5.56 Å². The number of piperidine rings is 1. The van der Waals surface area contributed by atoms with Crippen molar-refractivity contribution >= 4 is 5.91 Å². The lowest BCUT2D eigenvalue weighted by molar-refractivity contribution is -0.137. The first kappa shape index (κ1) is 19.8. The van der Waals surface area contributed by atoms with Gasteiger partial charge in [0, 0.05) is 26.1 Å². The number of halogens is 3. The molecule has 2 rings (SSSR count). The molecule has 3 nitrogen and oxygen atoms in total. The summed E-state index contributed by atoms with van der Waals surface area (Å²) < 4.78 is 37.7. The molecular formula is C19H27F3N2O. The topological polar surface area (TPSA) is 32.3 Å². The molecule has 2 unspecified atom stereocenters. The van der Waals surface area contributed by atoms with Crippen molar-refractivity contribution in [2.24, 2.45) is 5.92 Å². The maximum absolute atomic E-state index is 12.6. The fourth-order valence-electron chi connectivity index (χ4n) is 3.31. The van der Waals surface area contributed by atoms with E-state index in [9.17, 15) is 18.0 Å². The van der Waals surface area contributed by atoms with E-state index in [1.54, 1.807) is 0 Å². The summed E-state index contributed by atoms with van der Waals surface area (Å²) in [6.07, 6.45) is -1.57. The highest BCUT2D eigenvalue weighted by Crippen LogP contribution is 2.30. The van der Waals surface area contributed by atoms with Gasteiger partial charge in [0.1, 0.15) is 0 Å². The van der Waals surface area contributed by atoms with Gasteiger partial charge in [0.15, 0.2) is 0 Å². The molecular weight excluding hydrogens is 329 g/mol. The molecule has 1 aliphatic heterocycles. The maximum Gasteiger partial charge on any atom is 0.416 e. The number of hydrogen-bond donors (Lipinski definition) is 1. The third-order valence-electron chi connectivity index (χ3n) is 4.79. The monoisotopic (exact) mass is 356 g/mol. The van der Waals surface area contributed by atoms with Crippen LogP contribution in [0.15, 0.2) is 24.3 Å². The van der Waals surface area contributed by atoms with Crippen LogP contribution in [-0.4, -0.2) is 37.0 Å². The predicted octanol–water partition coefficient (Wildman–Crippen LogP) is 4.05. The van der Waals surface area contributed by atoms with Gasteiger partial charge in [0.25, 0.3) is 0 Å². The quantitative estimate of drug-likeness (QED) is 0.834. The SMILES string of the molecule is CC1CCCN(CCNC(=O)CC(C)c2ccc(C(F)(F)F)cc2)C1. The Kier molecular flexibility index (Phi) is 6.87. The first-order valence-corrected chi connectivity index (χ1v) is 8.92. The van der Waals surface area contributed by atoms with Crippen molar-refractivity contribution < 1.29 is 18.0 Å². The van der Waals surface area contributed by atoms with Crippen LogP contribution in [0, 0.1) is 5.92 Å². The molecule has 0 aromatic heterocycles. The average Bonchev–Trinajstić information content (AvgIpc) is 2.54. The molecule has 0 bridgehead atoms. The van der Waals surface area contributed by atoms with Crippen molar-refractivity contribution in [1.82, 2.24) is 10.2 Å². The normalized spacial score (nSPS) is 20.3.